The molecule has 2 nitrogen and oxygen atoms in total. The average Bonchev–Trinajstić information content (AvgIpc) is 3.00. The third-order valence-electron chi connectivity index (χ3n) is 4.47. The third-order valence-corrected chi connectivity index (χ3v) is 4.47. The molecule has 1 aliphatic carbocycles. The van der Waals surface area contributed by atoms with Crippen LogP contribution in [0.15, 0.2) is 24.3 Å². The van der Waals surface area contributed by atoms with E-state index in [1.807, 2.05) is 0 Å². The Labute approximate surface area is 123 Å². The largest absolute Gasteiger partial charge is 0.494 e. The van der Waals surface area contributed by atoms with Gasteiger partial charge in [-0.05, 0) is 56.7 Å². The van der Waals surface area contributed by atoms with Crippen molar-refractivity contribution in [3.05, 3.63) is 29.8 Å². The van der Waals surface area contributed by atoms with E-state index in [1.165, 1.54) is 31.2 Å². The summed E-state index contributed by atoms with van der Waals surface area (Å²) in [5.41, 5.74) is 1.35. The highest BCUT2D eigenvalue weighted by Gasteiger charge is 2.22. The van der Waals surface area contributed by atoms with E-state index in [-0.39, 0.29) is 0 Å². The van der Waals surface area contributed by atoms with Crippen molar-refractivity contribution >= 4 is 0 Å². The van der Waals surface area contributed by atoms with Gasteiger partial charge in [-0.15, -0.1) is 0 Å². The minimum absolute atomic E-state index is 0.408. The second kappa shape index (κ2) is 7.68. The molecule has 0 spiro atoms. The molecule has 0 heterocycles. The topological polar surface area (TPSA) is 21.3 Å². The van der Waals surface area contributed by atoms with Crippen LogP contribution in [0.5, 0.6) is 5.75 Å². The minimum Gasteiger partial charge on any atom is -0.494 e. The molecule has 0 amide bonds. The molecular weight excluding hydrogens is 246 g/mol. The SMILES string of the molecule is CCCOc1ccc(C(C)N[C@@H](C)C2CCCC2)cc1. The highest BCUT2D eigenvalue weighted by molar-refractivity contribution is 5.29. The van der Waals surface area contributed by atoms with Crippen molar-refractivity contribution in [1.82, 2.24) is 5.32 Å². The van der Waals surface area contributed by atoms with Gasteiger partial charge in [-0.25, -0.2) is 0 Å². The molecule has 1 N–H and O–H groups in total. The van der Waals surface area contributed by atoms with Crippen molar-refractivity contribution in [3.8, 4) is 5.75 Å². The Morgan fingerprint density at radius 3 is 2.40 bits per heavy atom. The molecule has 1 unspecified atom stereocenters. The van der Waals surface area contributed by atoms with Gasteiger partial charge in [-0.3, -0.25) is 0 Å². The van der Waals surface area contributed by atoms with Crippen molar-refractivity contribution in [3.63, 3.8) is 0 Å². The van der Waals surface area contributed by atoms with Gasteiger partial charge < -0.3 is 10.1 Å². The normalized spacial score (nSPS) is 18.9. The van der Waals surface area contributed by atoms with Crippen LogP contribution in [0.1, 0.15) is 64.5 Å². The molecule has 1 saturated carbocycles. The molecule has 0 aromatic heterocycles. The van der Waals surface area contributed by atoms with E-state index in [9.17, 15) is 0 Å². The Bertz CT molecular complexity index is 381. The molecule has 0 aliphatic heterocycles. The van der Waals surface area contributed by atoms with Crippen LogP contribution in [0.3, 0.4) is 0 Å². The van der Waals surface area contributed by atoms with Gasteiger partial charge in [0.15, 0.2) is 0 Å². The zero-order valence-corrected chi connectivity index (χ0v) is 13.2. The summed E-state index contributed by atoms with van der Waals surface area (Å²) in [6, 6.07) is 9.57. The molecule has 1 aromatic rings. The lowest BCUT2D eigenvalue weighted by molar-refractivity contribution is 0.317. The summed E-state index contributed by atoms with van der Waals surface area (Å²) in [5.74, 6) is 1.84. The van der Waals surface area contributed by atoms with Gasteiger partial charge in [-0.2, -0.15) is 0 Å². The summed E-state index contributed by atoms with van der Waals surface area (Å²) < 4.78 is 5.63. The fraction of sp³-hybridized carbons (Fsp3) is 0.667. The number of hydrogen-bond donors (Lipinski definition) is 1. The zero-order chi connectivity index (χ0) is 14.4. The van der Waals surface area contributed by atoms with Gasteiger partial charge >= 0.3 is 0 Å². The molecule has 2 heteroatoms. The fourth-order valence-corrected chi connectivity index (χ4v) is 3.16. The van der Waals surface area contributed by atoms with Crippen LogP contribution < -0.4 is 10.1 Å². The quantitative estimate of drug-likeness (QED) is 0.778. The van der Waals surface area contributed by atoms with Crippen LogP contribution in [-0.2, 0) is 0 Å². The van der Waals surface area contributed by atoms with E-state index in [0.29, 0.717) is 12.1 Å². The van der Waals surface area contributed by atoms with Crippen molar-refractivity contribution < 1.29 is 4.74 Å². The Kier molecular flexibility index (Phi) is 5.90. The first-order valence-electron chi connectivity index (χ1n) is 8.19. The molecule has 1 aromatic carbocycles. The molecule has 0 radical (unpaired) electrons. The molecule has 1 fully saturated rings. The maximum absolute atomic E-state index is 5.63. The molecule has 2 atom stereocenters. The third kappa shape index (κ3) is 4.24. The summed E-state index contributed by atoms with van der Waals surface area (Å²) in [7, 11) is 0. The summed E-state index contributed by atoms with van der Waals surface area (Å²) in [4.78, 5) is 0. The Balaban J connectivity index is 1.86. The first-order valence-corrected chi connectivity index (χ1v) is 8.19. The van der Waals surface area contributed by atoms with Gasteiger partial charge in [0.2, 0.25) is 0 Å². The van der Waals surface area contributed by atoms with Crippen molar-refractivity contribution in [2.24, 2.45) is 5.92 Å². The van der Waals surface area contributed by atoms with Crippen molar-refractivity contribution in [2.75, 3.05) is 6.61 Å². The van der Waals surface area contributed by atoms with Gasteiger partial charge in [-0.1, -0.05) is 31.9 Å². The number of benzene rings is 1. The molecule has 112 valence electrons. The van der Waals surface area contributed by atoms with Gasteiger partial charge in [0, 0.05) is 12.1 Å². The zero-order valence-electron chi connectivity index (χ0n) is 13.2. The second-order valence-electron chi connectivity index (χ2n) is 6.14. The van der Waals surface area contributed by atoms with Gasteiger partial charge in [0.25, 0.3) is 0 Å². The van der Waals surface area contributed by atoms with Crippen molar-refractivity contribution in [2.45, 2.75) is 65.0 Å². The number of rotatable bonds is 7. The highest BCUT2D eigenvalue weighted by atomic mass is 16.5. The van der Waals surface area contributed by atoms with E-state index in [4.69, 9.17) is 4.74 Å². The fourth-order valence-electron chi connectivity index (χ4n) is 3.16. The van der Waals surface area contributed by atoms with Crippen LogP contribution in [-0.4, -0.2) is 12.6 Å². The van der Waals surface area contributed by atoms with Crippen LogP contribution >= 0.6 is 0 Å². The average molecular weight is 275 g/mol. The van der Waals surface area contributed by atoms with Crippen LogP contribution in [0.25, 0.3) is 0 Å². The van der Waals surface area contributed by atoms with Crippen LogP contribution in [0.2, 0.25) is 0 Å². The standard InChI is InChI=1S/C18H29NO/c1-4-13-20-18-11-9-17(10-12-18)15(3)19-14(2)16-7-5-6-8-16/h9-12,14-16,19H,4-8,13H2,1-3H3/t14-,15?/m0/s1. The number of hydrogen-bond acceptors (Lipinski definition) is 2. The predicted molar refractivity (Wildman–Crippen MR) is 85.2 cm³/mol. The van der Waals surface area contributed by atoms with E-state index in [2.05, 4.69) is 50.4 Å². The maximum atomic E-state index is 5.63. The second-order valence-corrected chi connectivity index (χ2v) is 6.14. The van der Waals surface area contributed by atoms with Gasteiger partial charge in [0.1, 0.15) is 5.75 Å². The van der Waals surface area contributed by atoms with E-state index in [1.54, 1.807) is 0 Å². The summed E-state index contributed by atoms with van der Waals surface area (Å²) in [6.45, 7) is 7.52. The predicted octanol–water partition coefficient (Wildman–Crippen LogP) is 4.70. The first-order chi connectivity index (χ1) is 9.70. The minimum atomic E-state index is 0.408. The maximum Gasteiger partial charge on any atom is 0.119 e. The van der Waals surface area contributed by atoms with E-state index in [0.717, 1.165) is 24.7 Å². The molecule has 0 saturated heterocycles. The van der Waals surface area contributed by atoms with E-state index >= 15 is 0 Å². The Morgan fingerprint density at radius 1 is 1.15 bits per heavy atom. The lowest BCUT2D eigenvalue weighted by Crippen LogP contribution is -2.34. The lowest BCUT2D eigenvalue weighted by Gasteiger charge is -2.25. The number of nitrogens with one attached hydrogen (secondary N) is 1. The Morgan fingerprint density at radius 2 is 1.80 bits per heavy atom. The molecule has 0 bridgehead atoms. The molecule has 20 heavy (non-hydrogen) atoms. The Hall–Kier alpha value is -1.02. The monoisotopic (exact) mass is 275 g/mol. The van der Waals surface area contributed by atoms with E-state index < -0.39 is 0 Å². The molecule has 1 aliphatic rings. The number of ether oxygens (including phenoxy) is 1. The molecule has 2 rings (SSSR count). The highest BCUT2D eigenvalue weighted by Crippen LogP contribution is 2.29. The first kappa shape index (κ1) is 15.4. The summed E-state index contributed by atoms with van der Waals surface area (Å²) >= 11 is 0. The van der Waals surface area contributed by atoms with Crippen molar-refractivity contribution in [1.29, 1.82) is 0 Å². The summed E-state index contributed by atoms with van der Waals surface area (Å²) in [5, 5.41) is 3.76. The molecular formula is C18H29NO. The summed E-state index contributed by atoms with van der Waals surface area (Å²) in [6.07, 6.45) is 6.66. The van der Waals surface area contributed by atoms with Crippen LogP contribution in [0, 0.1) is 5.92 Å². The van der Waals surface area contributed by atoms with Crippen LogP contribution in [0.4, 0.5) is 0 Å². The van der Waals surface area contributed by atoms with Gasteiger partial charge in [0.05, 0.1) is 6.61 Å². The lowest BCUT2D eigenvalue weighted by atomic mass is 9.98. The smallest absolute Gasteiger partial charge is 0.119 e.